The van der Waals surface area contributed by atoms with Gasteiger partial charge in [-0.15, -0.1) is 0 Å². The summed E-state index contributed by atoms with van der Waals surface area (Å²) in [4.78, 5) is 16.4. The maximum absolute atomic E-state index is 12.9. The molecule has 25 heavy (non-hydrogen) atoms. The summed E-state index contributed by atoms with van der Waals surface area (Å²) in [7, 11) is 0. The zero-order valence-electron chi connectivity index (χ0n) is 16.3. The molecule has 2 heteroatoms. The van der Waals surface area contributed by atoms with Crippen molar-refractivity contribution in [1.29, 1.82) is 0 Å². The molecule has 1 fully saturated rings. The molecule has 136 valence electrons. The van der Waals surface area contributed by atoms with Crippen molar-refractivity contribution < 1.29 is 4.79 Å². The lowest BCUT2D eigenvalue weighted by molar-refractivity contribution is -0.127. The van der Waals surface area contributed by atoms with E-state index in [2.05, 4.69) is 56.9 Å². The summed E-state index contributed by atoms with van der Waals surface area (Å²) < 4.78 is 0. The Morgan fingerprint density at radius 1 is 1.24 bits per heavy atom. The molecule has 0 saturated heterocycles. The van der Waals surface area contributed by atoms with E-state index in [1.807, 2.05) is 0 Å². The minimum absolute atomic E-state index is 0.299. The fourth-order valence-corrected chi connectivity index (χ4v) is 4.85. The molecule has 0 amide bonds. The fraction of sp³-hybridized carbons (Fsp3) is 0.609. The number of H-pyrrole nitrogens is 1. The van der Waals surface area contributed by atoms with Crippen LogP contribution in [0.15, 0.2) is 24.3 Å². The molecule has 0 spiro atoms. The minimum Gasteiger partial charge on any atom is -0.358 e. The van der Waals surface area contributed by atoms with Crippen molar-refractivity contribution in [2.45, 2.75) is 66.2 Å². The van der Waals surface area contributed by atoms with Crippen molar-refractivity contribution in [2.24, 2.45) is 23.7 Å². The number of rotatable bonds is 6. The Hall–Kier alpha value is -1.57. The number of aromatic nitrogens is 1. The van der Waals surface area contributed by atoms with Gasteiger partial charge in [-0.05, 0) is 62.0 Å². The van der Waals surface area contributed by atoms with E-state index in [0.29, 0.717) is 29.5 Å². The quantitative estimate of drug-likeness (QED) is 0.680. The molecule has 0 unspecified atom stereocenters. The van der Waals surface area contributed by atoms with Crippen LogP contribution < -0.4 is 0 Å². The van der Waals surface area contributed by atoms with Crippen LogP contribution in [0.5, 0.6) is 0 Å². The van der Waals surface area contributed by atoms with Crippen LogP contribution in [0.2, 0.25) is 0 Å². The fourth-order valence-electron chi connectivity index (χ4n) is 4.85. The van der Waals surface area contributed by atoms with Crippen molar-refractivity contribution >= 4 is 16.7 Å². The molecule has 3 rings (SSSR count). The first kappa shape index (κ1) is 18.2. The summed E-state index contributed by atoms with van der Waals surface area (Å²) in [6, 6.07) is 8.49. The van der Waals surface area contributed by atoms with Gasteiger partial charge in [-0.2, -0.15) is 0 Å². The van der Waals surface area contributed by atoms with Gasteiger partial charge in [0.05, 0.1) is 0 Å². The largest absolute Gasteiger partial charge is 0.358 e. The first-order valence-electron chi connectivity index (χ1n) is 10.1. The third-order valence-corrected chi connectivity index (χ3v) is 6.31. The molecular weight excluding hydrogens is 306 g/mol. The standard InChI is InChI=1S/C23H33NO/c1-15(2)18-13-12-16(3)14-21(18)23(25)11-7-9-19-17(4)24-22-10-6-5-8-20(19)22/h5-6,8,10,15-16,18,21,24H,7,9,11-14H2,1-4H3/t16-,18+,21-/m1/s1. The first-order chi connectivity index (χ1) is 12.0. The highest BCUT2D eigenvalue weighted by molar-refractivity contribution is 5.85. The van der Waals surface area contributed by atoms with E-state index in [-0.39, 0.29) is 0 Å². The van der Waals surface area contributed by atoms with Gasteiger partial charge in [0.25, 0.3) is 0 Å². The van der Waals surface area contributed by atoms with Crippen molar-refractivity contribution in [2.75, 3.05) is 0 Å². The Morgan fingerprint density at radius 2 is 2.00 bits per heavy atom. The number of Topliss-reactive ketones (excluding diaryl/α,β-unsaturated/α-hetero) is 1. The van der Waals surface area contributed by atoms with Gasteiger partial charge < -0.3 is 4.98 Å². The van der Waals surface area contributed by atoms with Crippen LogP contribution in [-0.2, 0) is 11.2 Å². The minimum atomic E-state index is 0.299. The van der Waals surface area contributed by atoms with E-state index >= 15 is 0 Å². The maximum Gasteiger partial charge on any atom is 0.136 e. The predicted molar refractivity (Wildman–Crippen MR) is 106 cm³/mol. The van der Waals surface area contributed by atoms with Crippen molar-refractivity contribution in [1.82, 2.24) is 4.98 Å². The van der Waals surface area contributed by atoms with Crippen molar-refractivity contribution in [3.63, 3.8) is 0 Å². The van der Waals surface area contributed by atoms with Crippen molar-refractivity contribution in [3.05, 3.63) is 35.5 Å². The van der Waals surface area contributed by atoms with Gasteiger partial charge in [-0.25, -0.2) is 0 Å². The van der Waals surface area contributed by atoms with Gasteiger partial charge in [-0.1, -0.05) is 45.4 Å². The SMILES string of the molecule is Cc1[nH]c2ccccc2c1CCCC(=O)[C@@H]1C[C@H](C)CC[C@H]1C(C)C. The number of nitrogens with one attached hydrogen (secondary N) is 1. The van der Waals surface area contributed by atoms with E-state index in [1.54, 1.807) is 0 Å². The lowest BCUT2D eigenvalue weighted by Crippen LogP contribution is -2.33. The summed E-state index contributed by atoms with van der Waals surface area (Å²) in [6.07, 6.45) is 6.33. The maximum atomic E-state index is 12.9. The number of aromatic amines is 1. The van der Waals surface area contributed by atoms with Crippen LogP contribution in [-0.4, -0.2) is 10.8 Å². The number of carbonyl (C=O) groups excluding carboxylic acids is 1. The average molecular weight is 340 g/mol. The van der Waals surface area contributed by atoms with Crippen molar-refractivity contribution in [3.8, 4) is 0 Å². The van der Waals surface area contributed by atoms with E-state index in [4.69, 9.17) is 0 Å². The molecule has 1 N–H and O–H groups in total. The number of hydrogen-bond donors (Lipinski definition) is 1. The first-order valence-corrected chi connectivity index (χ1v) is 10.1. The van der Waals surface area contributed by atoms with Crippen LogP contribution in [0.25, 0.3) is 10.9 Å². The van der Waals surface area contributed by atoms with E-state index in [0.717, 1.165) is 25.7 Å². The van der Waals surface area contributed by atoms with Gasteiger partial charge in [0.15, 0.2) is 0 Å². The monoisotopic (exact) mass is 339 g/mol. The van der Waals surface area contributed by atoms with Gasteiger partial charge in [-0.3, -0.25) is 4.79 Å². The molecule has 2 aromatic rings. The number of ketones is 1. The lowest BCUT2D eigenvalue weighted by atomic mass is 9.68. The predicted octanol–water partition coefficient (Wildman–Crippen LogP) is 6.08. The normalized spacial score (nSPS) is 24.1. The molecule has 2 nitrogen and oxygen atoms in total. The lowest BCUT2D eigenvalue weighted by Gasteiger charge is -2.36. The van der Waals surface area contributed by atoms with Gasteiger partial charge >= 0.3 is 0 Å². The number of fused-ring (bicyclic) bond motifs is 1. The second-order valence-electron chi connectivity index (χ2n) is 8.53. The van der Waals surface area contributed by atoms with Crippen LogP contribution in [0, 0.1) is 30.6 Å². The molecule has 1 aromatic carbocycles. The Balaban J connectivity index is 1.62. The number of carbonyl (C=O) groups is 1. The van der Waals surface area contributed by atoms with E-state index < -0.39 is 0 Å². The summed E-state index contributed by atoms with van der Waals surface area (Å²) in [5, 5.41) is 1.32. The molecular formula is C23H33NO. The van der Waals surface area contributed by atoms with E-state index in [9.17, 15) is 4.79 Å². The third kappa shape index (κ3) is 3.99. The zero-order chi connectivity index (χ0) is 18.0. The summed E-state index contributed by atoms with van der Waals surface area (Å²) in [6.45, 7) is 9.04. The third-order valence-electron chi connectivity index (χ3n) is 6.31. The summed E-state index contributed by atoms with van der Waals surface area (Å²) >= 11 is 0. The molecule has 3 atom stereocenters. The van der Waals surface area contributed by atoms with Crippen LogP contribution in [0.4, 0.5) is 0 Å². The van der Waals surface area contributed by atoms with Crippen LogP contribution in [0.1, 0.15) is 64.1 Å². The highest BCUT2D eigenvalue weighted by Gasteiger charge is 2.34. The van der Waals surface area contributed by atoms with Crippen LogP contribution >= 0.6 is 0 Å². The Labute approximate surface area is 152 Å². The topological polar surface area (TPSA) is 32.9 Å². The molecule has 0 bridgehead atoms. The molecule has 1 heterocycles. The van der Waals surface area contributed by atoms with Crippen LogP contribution in [0.3, 0.4) is 0 Å². The van der Waals surface area contributed by atoms with Gasteiger partial charge in [0.1, 0.15) is 5.78 Å². The Kier molecular flexibility index (Phi) is 5.66. The molecule has 1 aromatic heterocycles. The molecule has 0 aliphatic heterocycles. The molecule has 1 saturated carbocycles. The smallest absolute Gasteiger partial charge is 0.136 e. The van der Waals surface area contributed by atoms with Gasteiger partial charge in [0.2, 0.25) is 0 Å². The molecule has 1 aliphatic rings. The van der Waals surface area contributed by atoms with E-state index in [1.165, 1.54) is 35.0 Å². The number of para-hydroxylation sites is 1. The second kappa shape index (κ2) is 7.76. The Bertz CT molecular complexity index is 727. The van der Waals surface area contributed by atoms with Gasteiger partial charge in [0, 0.05) is 28.9 Å². The number of aryl methyl sites for hydroxylation is 2. The number of benzene rings is 1. The number of hydrogen-bond acceptors (Lipinski definition) is 1. The molecule has 1 aliphatic carbocycles. The highest BCUT2D eigenvalue weighted by atomic mass is 16.1. The summed E-state index contributed by atoms with van der Waals surface area (Å²) in [5.74, 6) is 2.74. The average Bonchev–Trinajstić information content (AvgIpc) is 2.90. The Morgan fingerprint density at radius 3 is 2.76 bits per heavy atom. The zero-order valence-corrected chi connectivity index (χ0v) is 16.3. The summed E-state index contributed by atoms with van der Waals surface area (Å²) in [5.41, 5.74) is 3.85. The second-order valence-corrected chi connectivity index (χ2v) is 8.53. The highest BCUT2D eigenvalue weighted by Crippen LogP contribution is 2.39. The molecule has 0 radical (unpaired) electrons.